The van der Waals surface area contributed by atoms with E-state index in [4.69, 9.17) is 9.72 Å². The van der Waals surface area contributed by atoms with Crippen molar-refractivity contribution in [2.45, 2.75) is 31.8 Å². The highest BCUT2D eigenvalue weighted by molar-refractivity contribution is 7.18. The van der Waals surface area contributed by atoms with Crippen LogP contribution >= 0.6 is 11.3 Å². The molecular weight excluding hydrogens is 320 g/mol. The second kappa shape index (κ2) is 6.65. The van der Waals surface area contributed by atoms with E-state index in [1.54, 1.807) is 11.3 Å². The number of benzene rings is 1. The summed E-state index contributed by atoms with van der Waals surface area (Å²) in [5, 5.41) is 1.10. The fraction of sp³-hybridized carbons (Fsp3) is 0.474. The highest BCUT2D eigenvalue weighted by Gasteiger charge is 2.36. The zero-order chi connectivity index (χ0) is 16.5. The average Bonchev–Trinajstić information content (AvgIpc) is 3.05. The SMILES string of the molecule is C[C@@H]1CN(C(=O)[C@H]2CC=CC[C@H]2c2nc3ccccc3s2)CCO1. The minimum Gasteiger partial charge on any atom is -0.375 e. The summed E-state index contributed by atoms with van der Waals surface area (Å²) in [6.07, 6.45) is 6.18. The van der Waals surface area contributed by atoms with E-state index in [1.165, 1.54) is 4.70 Å². The van der Waals surface area contributed by atoms with Gasteiger partial charge in [0.15, 0.2) is 0 Å². The number of hydrogen-bond donors (Lipinski definition) is 0. The summed E-state index contributed by atoms with van der Waals surface area (Å²) in [7, 11) is 0. The Morgan fingerprint density at radius 3 is 2.96 bits per heavy atom. The number of ether oxygens (including phenoxy) is 1. The summed E-state index contributed by atoms with van der Waals surface area (Å²) in [5.41, 5.74) is 1.04. The van der Waals surface area contributed by atoms with Crippen LogP contribution in [-0.2, 0) is 9.53 Å². The van der Waals surface area contributed by atoms with Crippen molar-refractivity contribution >= 4 is 27.5 Å². The van der Waals surface area contributed by atoms with Gasteiger partial charge in [-0.3, -0.25) is 4.79 Å². The fourth-order valence-electron chi connectivity index (χ4n) is 3.66. The van der Waals surface area contributed by atoms with Gasteiger partial charge < -0.3 is 9.64 Å². The van der Waals surface area contributed by atoms with Crippen molar-refractivity contribution < 1.29 is 9.53 Å². The van der Waals surface area contributed by atoms with Crippen molar-refractivity contribution in [2.24, 2.45) is 5.92 Å². The molecule has 24 heavy (non-hydrogen) atoms. The molecule has 2 aliphatic rings. The number of amides is 1. The zero-order valence-electron chi connectivity index (χ0n) is 13.9. The predicted molar refractivity (Wildman–Crippen MR) is 96.2 cm³/mol. The lowest BCUT2D eigenvalue weighted by Crippen LogP contribution is -2.48. The molecule has 0 N–H and O–H groups in total. The van der Waals surface area contributed by atoms with Crippen LogP contribution in [0.5, 0.6) is 0 Å². The normalized spacial score (nSPS) is 27.5. The quantitative estimate of drug-likeness (QED) is 0.783. The monoisotopic (exact) mass is 342 g/mol. The third-order valence-corrected chi connectivity index (χ3v) is 6.10. The molecule has 4 rings (SSSR count). The molecule has 1 aliphatic carbocycles. The van der Waals surface area contributed by atoms with E-state index in [0.717, 1.165) is 23.4 Å². The number of hydrogen-bond acceptors (Lipinski definition) is 4. The Balaban J connectivity index is 1.61. The molecule has 1 amide bonds. The largest absolute Gasteiger partial charge is 0.375 e. The van der Waals surface area contributed by atoms with Crippen LogP contribution in [-0.4, -0.2) is 41.6 Å². The Labute approximate surface area is 146 Å². The fourth-order valence-corrected chi connectivity index (χ4v) is 4.81. The minimum atomic E-state index is 0.000798. The first-order chi connectivity index (χ1) is 11.7. The first-order valence-electron chi connectivity index (χ1n) is 8.63. The third kappa shape index (κ3) is 2.98. The standard InChI is InChI=1S/C19H22N2O2S/c1-13-12-21(10-11-23-13)19(22)15-7-3-2-6-14(15)18-20-16-8-4-5-9-17(16)24-18/h2-5,8-9,13-15H,6-7,10-12H2,1H3/t13-,14-,15+/m1/s1. The number of fused-ring (bicyclic) bond motifs is 1. The van der Waals surface area contributed by atoms with Crippen LogP contribution in [0.15, 0.2) is 36.4 Å². The van der Waals surface area contributed by atoms with Crippen molar-refractivity contribution in [1.29, 1.82) is 0 Å². The van der Waals surface area contributed by atoms with Gasteiger partial charge in [-0.15, -0.1) is 11.3 Å². The van der Waals surface area contributed by atoms with E-state index in [0.29, 0.717) is 19.7 Å². The number of carbonyl (C=O) groups is 1. The Morgan fingerprint density at radius 1 is 1.29 bits per heavy atom. The molecule has 1 fully saturated rings. The number of thiazole rings is 1. The molecule has 1 aromatic carbocycles. The molecule has 3 atom stereocenters. The first-order valence-corrected chi connectivity index (χ1v) is 9.45. The molecule has 0 saturated carbocycles. The van der Waals surface area contributed by atoms with Gasteiger partial charge in [0.1, 0.15) is 0 Å². The third-order valence-electron chi connectivity index (χ3n) is 4.93. The summed E-state index contributed by atoms with van der Waals surface area (Å²) >= 11 is 1.73. The molecule has 1 aliphatic heterocycles. The number of allylic oxidation sites excluding steroid dienone is 2. The van der Waals surface area contributed by atoms with Crippen LogP contribution in [0.1, 0.15) is 30.7 Å². The molecule has 0 bridgehead atoms. The van der Waals surface area contributed by atoms with E-state index in [9.17, 15) is 4.79 Å². The first kappa shape index (κ1) is 15.8. The lowest BCUT2D eigenvalue weighted by Gasteiger charge is -2.36. The van der Waals surface area contributed by atoms with Crippen molar-refractivity contribution in [3.8, 4) is 0 Å². The predicted octanol–water partition coefficient (Wildman–Crippen LogP) is 3.59. The smallest absolute Gasteiger partial charge is 0.226 e. The Bertz CT molecular complexity index is 737. The van der Waals surface area contributed by atoms with Gasteiger partial charge in [0, 0.05) is 19.0 Å². The molecule has 1 saturated heterocycles. The zero-order valence-corrected chi connectivity index (χ0v) is 14.7. The van der Waals surface area contributed by atoms with Gasteiger partial charge in [-0.1, -0.05) is 24.3 Å². The van der Waals surface area contributed by atoms with Crippen molar-refractivity contribution in [1.82, 2.24) is 9.88 Å². The summed E-state index contributed by atoms with van der Waals surface area (Å²) in [4.78, 5) is 19.9. The number of aromatic nitrogens is 1. The molecule has 2 heterocycles. The molecule has 0 spiro atoms. The van der Waals surface area contributed by atoms with Crippen molar-refractivity contribution in [3.05, 3.63) is 41.4 Å². The number of morpholine rings is 1. The molecule has 126 valence electrons. The van der Waals surface area contributed by atoms with Gasteiger partial charge in [-0.2, -0.15) is 0 Å². The molecule has 0 unspecified atom stereocenters. The van der Waals surface area contributed by atoms with Crippen molar-refractivity contribution in [2.75, 3.05) is 19.7 Å². The molecular formula is C19H22N2O2S. The maximum absolute atomic E-state index is 13.1. The molecule has 2 aromatic rings. The van der Waals surface area contributed by atoms with Crippen LogP contribution < -0.4 is 0 Å². The summed E-state index contributed by atoms with van der Waals surface area (Å²) < 4.78 is 6.78. The van der Waals surface area contributed by atoms with Crippen LogP contribution in [0.3, 0.4) is 0 Å². The Hall–Kier alpha value is -1.72. The lowest BCUT2D eigenvalue weighted by molar-refractivity contribution is -0.143. The van der Waals surface area contributed by atoms with Crippen molar-refractivity contribution in [3.63, 3.8) is 0 Å². The van der Waals surface area contributed by atoms with E-state index in [2.05, 4.69) is 24.3 Å². The maximum Gasteiger partial charge on any atom is 0.226 e. The second-order valence-electron chi connectivity index (χ2n) is 6.64. The van der Waals surface area contributed by atoms with E-state index in [-0.39, 0.29) is 23.8 Å². The molecule has 0 radical (unpaired) electrons. The summed E-state index contributed by atoms with van der Waals surface area (Å²) in [6, 6.07) is 8.22. The van der Waals surface area contributed by atoms with Gasteiger partial charge >= 0.3 is 0 Å². The van der Waals surface area contributed by atoms with E-state index < -0.39 is 0 Å². The average molecular weight is 342 g/mol. The van der Waals surface area contributed by atoms with Gasteiger partial charge in [-0.05, 0) is 31.9 Å². The van der Waals surface area contributed by atoms with Gasteiger partial charge in [0.05, 0.1) is 33.9 Å². The molecule has 4 nitrogen and oxygen atoms in total. The Kier molecular flexibility index (Phi) is 4.37. The highest BCUT2D eigenvalue weighted by atomic mass is 32.1. The molecule has 5 heteroatoms. The Morgan fingerprint density at radius 2 is 2.12 bits per heavy atom. The lowest BCUT2D eigenvalue weighted by atomic mass is 9.82. The number of nitrogens with zero attached hydrogens (tertiary/aromatic N) is 2. The number of para-hydroxylation sites is 1. The van der Waals surface area contributed by atoms with E-state index >= 15 is 0 Å². The van der Waals surface area contributed by atoms with Gasteiger partial charge in [0.2, 0.25) is 5.91 Å². The van der Waals surface area contributed by atoms with Crippen LogP contribution in [0.25, 0.3) is 10.2 Å². The van der Waals surface area contributed by atoms with Crippen LogP contribution in [0, 0.1) is 5.92 Å². The van der Waals surface area contributed by atoms with Crippen LogP contribution in [0.4, 0.5) is 0 Å². The van der Waals surface area contributed by atoms with E-state index in [1.807, 2.05) is 24.0 Å². The minimum absolute atomic E-state index is 0.000798. The number of rotatable bonds is 2. The topological polar surface area (TPSA) is 42.4 Å². The van der Waals surface area contributed by atoms with Gasteiger partial charge in [-0.25, -0.2) is 4.98 Å². The summed E-state index contributed by atoms with van der Waals surface area (Å²) in [5.74, 6) is 0.456. The number of carbonyl (C=O) groups excluding carboxylic acids is 1. The maximum atomic E-state index is 13.1. The molecule has 1 aromatic heterocycles. The summed E-state index contributed by atoms with van der Waals surface area (Å²) in [6.45, 7) is 4.08. The highest BCUT2D eigenvalue weighted by Crippen LogP contribution is 2.39. The van der Waals surface area contributed by atoms with Crippen LogP contribution in [0.2, 0.25) is 0 Å². The van der Waals surface area contributed by atoms with Gasteiger partial charge in [0.25, 0.3) is 0 Å². The second-order valence-corrected chi connectivity index (χ2v) is 7.70.